The van der Waals surface area contributed by atoms with E-state index in [0.717, 1.165) is 17.4 Å². The highest BCUT2D eigenvalue weighted by Gasteiger charge is 2.03. The van der Waals surface area contributed by atoms with Gasteiger partial charge in [-0.3, -0.25) is 0 Å². The van der Waals surface area contributed by atoms with E-state index in [1.54, 1.807) is 0 Å². The number of aryl methyl sites for hydroxylation is 1. The van der Waals surface area contributed by atoms with Gasteiger partial charge in [-0.05, 0) is 31.3 Å². The Morgan fingerprint density at radius 2 is 2.14 bits per heavy atom. The maximum Gasteiger partial charge on any atom is 0.201 e. The van der Waals surface area contributed by atoms with Crippen LogP contribution in [0.3, 0.4) is 0 Å². The van der Waals surface area contributed by atoms with Gasteiger partial charge in [-0.25, -0.2) is 4.98 Å². The van der Waals surface area contributed by atoms with Gasteiger partial charge in [0, 0.05) is 11.9 Å². The van der Waals surface area contributed by atoms with Gasteiger partial charge in [0.2, 0.25) is 4.77 Å². The third-order valence-electron chi connectivity index (χ3n) is 2.23. The van der Waals surface area contributed by atoms with Gasteiger partial charge in [0.15, 0.2) is 0 Å². The van der Waals surface area contributed by atoms with Gasteiger partial charge >= 0.3 is 0 Å². The molecule has 0 atom stereocenters. The first-order valence-corrected chi connectivity index (χ1v) is 4.90. The molecule has 3 nitrogen and oxygen atoms in total. The van der Waals surface area contributed by atoms with Gasteiger partial charge in [-0.2, -0.15) is 0 Å². The van der Waals surface area contributed by atoms with Crippen LogP contribution in [-0.4, -0.2) is 9.55 Å². The Bertz CT molecular complexity index is 530. The number of nitrogen functional groups attached to an aromatic ring is 1. The molecule has 0 bridgehead atoms. The van der Waals surface area contributed by atoms with Crippen molar-refractivity contribution in [3.63, 3.8) is 0 Å². The van der Waals surface area contributed by atoms with E-state index in [1.807, 2.05) is 35.8 Å². The van der Waals surface area contributed by atoms with Crippen LogP contribution >= 0.6 is 12.2 Å². The van der Waals surface area contributed by atoms with Crippen LogP contribution in [-0.2, 0) is 6.54 Å². The summed E-state index contributed by atoms with van der Waals surface area (Å²) in [6.45, 7) is 2.85. The third kappa shape index (κ3) is 1.28. The molecule has 0 unspecified atom stereocenters. The molecule has 2 aromatic rings. The summed E-state index contributed by atoms with van der Waals surface area (Å²) in [5.74, 6) is 0.510. The van der Waals surface area contributed by atoms with Crippen LogP contribution in [0.4, 0.5) is 5.82 Å². The SMILES string of the molecule is CCn1c(=S)nc(N)c2ccccc21. The number of para-hydroxylation sites is 1. The van der Waals surface area contributed by atoms with Crippen molar-refractivity contribution in [1.82, 2.24) is 9.55 Å². The minimum Gasteiger partial charge on any atom is -0.383 e. The molecule has 0 saturated carbocycles. The molecule has 14 heavy (non-hydrogen) atoms. The van der Waals surface area contributed by atoms with Gasteiger partial charge in [-0.1, -0.05) is 12.1 Å². The molecule has 0 aliphatic rings. The molecule has 0 aliphatic heterocycles. The van der Waals surface area contributed by atoms with E-state index in [-0.39, 0.29) is 0 Å². The molecule has 0 radical (unpaired) electrons. The molecular weight excluding hydrogens is 194 g/mol. The van der Waals surface area contributed by atoms with Crippen LogP contribution in [0, 0.1) is 4.77 Å². The highest BCUT2D eigenvalue weighted by Crippen LogP contribution is 2.18. The van der Waals surface area contributed by atoms with Crippen LogP contribution in [0.25, 0.3) is 10.9 Å². The van der Waals surface area contributed by atoms with Crippen LogP contribution < -0.4 is 5.73 Å². The standard InChI is InChI=1S/C10H11N3S/c1-2-13-8-6-4-3-5-7(8)9(11)12-10(13)14/h3-6H,2H2,1H3,(H2,11,12,14). The highest BCUT2D eigenvalue weighted by molar-refractivity contribution is 7.71. The first-order valence-electron chi connectivity index (χ1n) is 4.49. The Morgan fingerprint density at radius 3 is 2.86 bits per heavy atom. The molecule has 0 saturated heterocycles. The monoisotopic (exact) mass is 205 g/mol. The predicted molar refractivity (Wildman–Crippen MR) is 60.7 cm³/mol. The Kier molecular flexibility index (Phi) is 2.21. The molecule has 1 aromatic heterocycles. The number of rotatable bonds is 1. The van der Waals surface area contributed by atoms with E-state index in [4.69, 9.17) is 18.0 Å². The highest BCUT2D eigenvalue weighted by atomic mass is 32.1. The second-order valence-electron chi connectivity index (χ2n) is 3.04. The fourth-order valence-corrected chi connectivity index (χ4v) is 1.88. The normalized spacial score (nSPS) is 10.6. The number of aromatic nitrogens is 2. The maximum atomic E-state index is 5.79. The number of nitrogens with two attached hydrogens (primary N) is 1. The largest absolute Gasteiger partial charge is 0.383 e. The molecule has 0 aliphatic carbocycles. The maximum absolute atomic E-state index is 5.79. The lowest BCUT2D eigenvalue weighted by atomic mass is 10.2. The average Bonchev–Trinajstić information content (AvgIpc) is 2.18. The summed E-state index contributed by atoms with van der Waals surface area (Å²) in [4.78, 5) is 4.13. The lowest BCUT2D eigenvalue weighted by Gasteiger charge is -2.09. The summed E-state index contributed by atoms with van der Waals surface area (Å²) in [7, 11) is 0. The number of benzene rings is 1. The summed E-state index contributed by atoms with van der Waals surface area (Å²) >= 11 is 5.14. The van der Waals surface area contributed by atoms with Crippen molar-refractivity contribution in [1.29, 1.82) is 0 Å². The van der Waals surface area contributed by atoms with Gasteiger partial charge < -0.3 is 10.3 Å². The molecule has 72 valence electrons. The quantitative estimate of drug-likeness (QED) is 0.727. The van der Waals surface area contributed by atoms with E-state index in [0.29, 0.717) is 10.6 Å². The molecule has 4 heteroatoms. The lowest BCUT2D eigenvalue weighted by molar-refractivity contribution is 0.756. The first-order chi connectivity index (χ1) is 6.74. The zero-order valence-corrected chi connectivity index (χ0v) is 8.71. The van der Waals surface area contributed by atoms with Crippen LogP contribution in [0.15, 0.2) is 24.3 Å². The van der Waals surface area contributed by atoms with E-state index in [1.165, 1.54) is 0 Å². The van der Waals surface area contributed by atoms with E-state index >= 15 is 0 Å². The van der Waals surface area contributed by atoms with Crippen LogP contribution in [0.2, 0.25) is 0 Å². The summed E-state index contributed by atoms with van der Waals surface area (Å²) in [6, 6.07) is 7.89. The topological polar surface area (TPSA) is 43.8 Å². The van der Waals surface area contributed by atoms with E-state index in [2.05, 4.69) is 4.98 Å². The lowest BCUT2D eigenvalue weighted by Crippen LogP contribution is -2.04. The molecule has 0 amide bonds. The van der Waals surface area contributed by atoms with Crippen molar-refractivity contribution in [2.75, 3.05) is 5.73 Å². The molecule has 0 fully saturated rings. The fourth-order valence-electron chi connectivity index (χ4n) is 1.56. The molecule has 1 aromatic carbocycles. The molecule has 1 heterocycles. The van der Waals surface area contributed by atoms with Crippen molar-refractivity contribution >= 4 is 28.9 Å². The Morgan fingerprint density at radius 1 is 1.43 bits per heavy atom. The van der Waals surface area contributed by atoms with Crippen molar-refractivity contribution in [3.05, 3.63) is 29.0 Å². The Hall–Kier alpha value is -1.42. The zero-order valence-electron chi connectivity index (χ0n) is 7.90. The smallest absolute Gasteiger partial charge is 0.201 e. The number of anilines is 1. The van der Waals surface area contributed by atoms with Crippen molar-refractivity contribution in [3.8, 4) is 0 Å². The Labute approximate surface area is 87.2 Å². The molecule has 2 rings (SSSR count). The predicted octanol–water partition coefficient (Wildman–Crippen LogP) is 2.37. The van der Waals surface area contributed by atoms with Gasteiger partial charge in [-0.15, -0.1) is 0 Å². The third-order valence-corrected chi connectivity index (χ3v) is 2.55. The summed E-state index contributed by atoms with van der Waals surface area (Å²) in [6.07, 6.45) is 0. The van der Waals surface area contributed by atoms with Gasteiger partial charge in [0.25, 0.3) is 0 Å². The Balaban J connectivity index is 2.98. The van der Waals surface area contributed by atoms with Gasteiger partial charge in [0.1, 0.15) is 5.82 Å². The number of nitrogens with zero attached hydrogens (tertiary/aromatic N) is 2. The fraction of sp³-hybridized carbons (Fsp3) is 0.200. The number of hydrogen-bond donors (Lipinski definition) is 1. The van der Waals surface area contributed by atoms with Crippen molar-refractivity contribution in [2.45, 2.75) is 13.5 Å². The number of fused-ring (bicyclic) bond motifs is 1. The summed E-state index contributed by atoms with van der Waals surface area (Å²) in [5.41, 5.74) is 6.84. The second-order valence-corrected chi connectivity index (χ2v) is 3.41. The molecule has 0 spiro atoms. The van der Waals surface area contributed by atoms with Crippen molar-refractivity contribution in [2.24, 2.45) is 0 Å². The summed E-state index contributed by atoms with van der Waals surface area (Å²) in [5, 5.41) is 0.961. The summed E-state index contributed by atoms with van der Waals surface area (Å²) < 4.78 is 2.52. The second kappa shape index (κ2) is 3.38. The van der Waals surface area contributed by atoms with Crippen molar-refractivity contribution < 1.29 is 0 Å². The minimum atomic E-state index is 0.510. The van der Waals surface area contributed by atoms with Crippen LogP contribution in [0.5, 0.6) is 0 Å². The first kappa shape index (κ1) is 9.15. The van der Waals surface area contributed by atoms with E-state index in [9.17, 15) is 0 Å². The zero-order chi connectivity index (χ0) is 10.1. The van der Waals surface area contributed by atoms with E-state index < -0.39 is 0 Å². The average molecular weight is 205 g/mol. The number of hydrogen-bond acceptors (Lipinski definition) is 3. The van der Waals surface area contributed by atoms with Crippen LogP contribution in [0.1, 0.15) is 6.92 Å². The molecular formula is C10H11N3S. The molecule has 2 N–H and O–H groups in total. The van der Waals surface area contributed by atoms with Gasteiger partial charge in [0.05, 0.1) is 5.52 Å². The minimum absolute atomic E-state index is 0.510.